The van der Waals surface area contributed by atoms with Gasteiger partial charge >= 0.3 is 0 Å². The molecule has 120 valence electrons. The predicted octanol–water partition coefficient (Wildman–Crippen LogP) is 5.28. The third kappa shape index (κ3) is 4.23. The van der Waals surface area contributed by atoms with Crippen LogP contribution >= 0.6 is 35.0 Å². The fraction of sp³-hybridized carbons (Fsp3) is 0.278. The lowest BCUT2D eigenvalue weighted by Gasteiger charge is -2.26. The molecule has 3 rings (SSSR count). The van der Waals surface area contributed by atoms with E-state index in [1.54, 1.807) is 18.2 Å². The molecule has 5 heteroatoms. The molecule has 0 bridgehead atoms. The normalized spacial score (nSPS) is 16.7. The molecule has 2 aromatic rings. The number of halogens is 2. The van der Waals surface area contributed by atoms with E-state index in [1.165, 1.54) is 22.9 Å². The zero-order chi connectivity index (χ0) is 16.2. The Hall–Kier alpha value is -1.16. The van der Waals surface area contributed by atoms with Crippen molar-refractivity contribution in [2.24, 2.45) is 0 Å². The standard InChI is InChI=1S/C18H17Cl2NOS/c19-13-8-9-15(20)17(10-13)23-11-18(22)21-16-7-3-5-12-4-1-2-6-14(12)16/h1-2,4,6,8-10,16H,3,5,7,11H2,(H,21,22)/t16-/m0/s1. The van der Waals surface area contributed by atoms with Crippen molar-refractivity contribution in [3.05, 3.63) is 63.6 Å². The van der Waals surface area contributed by atoms with E-state index < -0.39 is 0 Å². The van der Waals surface area contributed by atoms with Crippen LogP contribution in [0.1, 0.15) is 30.0 Å². The van der Waals surface area contributed by atoms with Crippen molar-refractivity contribution in [1.29, 1.82) is 0 Å². The smallest absolute Gasteiger partial charge is 0.230 e. The van der Waals surface area contributed by atoms with E-state index in [0.717, 1.165) is 24.2 Å². The highest BCUT2D eigenvalue weighted by atomic mass is 35.5. The van der Waals surface area contributed by atoms with Crippen molar-refractivity contribution in [3.63, 3.8) is 0 Å². The Bertz CT molecular complexity index is 720. The van der Waals surface area contributed by atoms with Gasteiger partial charge in [0.1, 0.15) is 0 Å². The first-order valence-electron chi connectivity index (χ1n) is 7.58. The maximum atomic E-state index is 12.3. The van der Waals surface area contributed by atoms with E-state index in [9.17, 15) is 4.79 Å². The lowest BCUT2D eigenvalue weighted by molar-refractivity contribution is -0.119. The molecular formula is C18H17Cl2NOS. The second-order valence-corrected chi connectivity index (χ2v) is 7.44. The molecule has 1 N–H and O–H groups in total. The summed E-state index contributed by atoms with van der Waals surface area (Å²) in [6.45, 7) is 0. The Morgan fingerprint density at radius 1 is 1.22 bits per heavy atom. The molecule has 1 aliphatic carbocycles. The summed E-state index contributed by atoms with van der Waals surface area (Å²) < 4.78 is 0. The zero-order valence-corrected chi connectivity index (χ0v) is 14.8. The third-order valence-electron chi connectivity index (χ3n) is 3.96. The van der Waals surface area contributed by atoms with Gasteiger partial charge in [-0.15, -0.1) is 11.8 Å². The molecular weight excluding hydrogens is 349 g/mol. The van der Waals surface area contributed by atoms with Gasteiger partial charge in [0.2, 0.25) is 5.91 Å². The molecule has 2 nitrogen and oxygen atoms in total. The van der Waals surface area contributed by atoms with Crippen LogP contribution in [0, 0.1) is 0 Å². The van der Waals surface area contributed by atoms with Gasteiger partial charge in [0, 0.05) is 9.92 Å². The van der Waals surface area contributed by atoms with Gasteiger partial charge in [0.25, 0.3) is 0 Å². The highest BCUT2D eigenvalue weighted by Crippen LogP contribution is 2.31. The Morgan fingerprint density at radius 3 is 2.91 bits per heavy atom. The van der Waals surface area contributed by atoms with Crippen molar-refractivity contribution in [2.75, 3.05) is 5.75 Å². The van der Waals surface area contributed by atoms with Gasteiger partial charge in [-0.3, -0.25) is 4.79 Å². The van der Waals surface area contributed by atoms with Crippen LogP contribution in [-0.2, 0) is 11.2 Å². The van der Waals surface area contributed by atoms with Crippen molar-refractivity contribution >= 4 is 40.9 Å². The summed E-state index contributed by atoms with van der Waals surface area (Å²) in [7, 11) is 0. The number of carbonyl (C=O) groups excluding carboxylic acids is 1. The topological polar surface area (TPSA) is 29.1 Å². The molecule has 0 radical (unpaired) electrons. The van der Waals surface area contributed by atoms with Crippen LogP contribution in [0.15, 0.2) is 47.4 Å². The van der Waals surface area contributed by atoms with E-state index in [0.29, 0.717) is 15.8 Å². The number of amides is 1. The minimum absolute atomic E-state index is 0.0211. The summed E-state index contributed by atoms with van der Waals surface area (Å²) in [5.41, 5.74) is 2.59. The van der Waals surface area contributed by atoms with Crippen LogP contribution in [0.2, 0.25) is 10.0 Å². The van der Waals surface area contributed by atoms with E-state index >= 15 is 0 Å². The Morgan fingerprint density at radius 2 is 2.04 bits per heavy atom. The molecule has 1 amide bonds. The van der Waals surface area contributed by atoms with Crippen molar-refractivity contribution < 1.29 is 4.79 Å². The maximum absolute atomic E-state index is 12.3. The second-order valence-electron chi connectivity index (χ2n) is 5.57. The molecule has 0 unspecified atom stereocenters. The number of fused-ring (bicyclic) bond motifs is 1. The summed E-state index contributed by atoms with van der Waals surface area (Å²) in [6.07, 6.45) is 3.19. The molecule has 0 saturated carbocycles. The summed E-state index contributed by atoms with van der Waals surface area (Å²) in [5, 5.41) is 4.39. The first-order chi connectivity index (χ1) is 11.1. The Kier molecular flexibility index (Phi) is 5.52. The van der Waals surface area contributed by atoms with Gasteiger partial charge in [-0.1, -0.05) is 47.5 Å². The Labute approximate surface area is 150 Å². The minimum Gasteiger partial charge on any atom is -0.349 e. The molecule has 0 fully saturated rings. The second kappa shape index (κ2) is 7.61. The molecule has 23 heavy (non-hydrogen) atoms. The van der Waals surface area contributed by atoms with Crippen LogP contribution in [0.4, 0.5) is 0 Å². The zero-order valence-electron chi connectivity index (χ0n) is 12.5. The summed E-state index contributed by atoms with van der Waals surface area (Å²) in [5.74, 6) is 0.353. The highest BCUT2D eigenvalue weighted by Gasteiger charge is 2.21. The maximum Gasteiger partial charge on any atom is 0.230 e. The van der Waals surface area contributed by atoms with Gasteiger partial charge < -0.3 is 5.32 Å². The van der Waals surface area contributed by atoms with E-state index in [2.05, 4.69) is 23.5 Å². The lowest BCUT2D eigenvalue weighted by Crippen LogP contribution is -2.32. The average Bonchev–Trinajstić information content (AvgIpc) is 2.56. The summed E-state index contributed by atoms with van der Waals surface area (Å²) in [4.78, 5) is 13.1. The van der Waals surface area contributed by atoms with E-state index in [-0.39, 0.29) is 11.9 Å². The number of aryl methyl sites for hydroxylation is 1. The van der Waals surface area contributed by atoms with Gasteiger partial charge in [0.15, 0.2) is 0 Å². The molecule has 0 spiro atoms. The van der Waals surface area contributed by atoms with Crippen molar-refractivity contribution in [2.45, 2.75) is 30.2 Å². The highest BCUT2D eigenvalue weighted by molar-refractivity contribution is 8.00. The number of benzene rings is 2. The average molecular weight is 366 g/mol. The van der Waals surface area contributed by atoms with Gasteiger partial charge in [-0.25, -0.2) is 0 Å². The molecule has 2 aromatic carbocycles. The van der Waals surface area contributed by atoms with Gasteiger partial charge in [-0.05, 0) is 48.6 Å². The molecule has 0 aliphatic heterocycles. The van der Waals surface area contributed by atoms with Crippen molar-refractivity contribution in [1.82, 2.24) is 5.32 Å². The number of thioether (sulfide) groups is 1. The summed E-state index contributed by atoms with van der Waals surface area (Å²) in [6, 6.07) is 13.7. The fourth-order valence-corrected chi connectivity index (χ4v) is 4.18. The van der Waals surface area contributed by atoms with Gasteiger partial charge in [0.05, 0.1) is 16.8 Å². The van der Waals surface area contributed by atoms with Crippen LogP contribution in [0.3, 0.4) is 0 Å². The summed E-state index contributed by atoms with van der Waals surface area (Å²) >= 11 is 13.5. The van der Waals surface area contributed by atoms with E-state index in [4.69, 9.17) is 23.2 Å². The quantitative estimate of drug-likeness (QED) is 0.746. The fourth-order valence-electron chi connectivity index (χ4n) is 2.87. The number of nitrogens with one attached hydrogen (secondary N) is 1. The molecule has 0 saturated heterocycles. The lowest BCUT2D eigenvalue weighted by atomic mass is 9.88. The first-order valence-corrected chi connectivity index (χ1v) is 9.32. The van der Waals surface area contributed by atoms with Gasteiger partial charge in [-0.2, -0.15) is 0 Å². The SMILES string of the molecule is O=C(CSc1cc(Cl)ccc1Cl)N[C@H]1CCCc2ccccc21. The minimum atomic E-state index is 0.0211. The first kappa shape index (κ1) is 16.7. The van der Waals surface area contributed by atoms with Crippen LogP contribution in [0.5, 0.6) is 0 Å². The van der Waals surface area contributed by atoms with E-state index in [1.807, 2.05) is 6.07 Å². The van der Waals surface area contributed by atoms with Crippen LogP contribution in [0.25, 0.3) is 0 Å². The van der Waals surface area contributed by atoms with Crippen molar-refractivity contribution in [3.8, 4) is 0 Å². The Balaban J connectivity index is 1.61. The molecule has 1 aliphatic rings. The largest absolute Gasteiger partial charge is 0.349 e. The predicted molar refractivity (Wildman–Crippen MR) is 97.4 cm³/mol. The number of hydrogen-bond acceptors (Lipinski definition) is 2. The van der Waals surface area contributed by atoms with Crippen LogP contribution in [-0.4, -0.2) is 11.7 Å². The molecule has 0 heterocycles. The number of hydrogen-bond donors (Lipinski definition) is 1. The molecule has 1 atom stereocenters. The monoisotopic (exact) mass is 365 g/mol. The number of rotatable bonds is 4. The molecule has 0 aromatic heterocycles. The number of carbonyl (C=O) groups is 1. The van der Waals surface area contributed by atoms with Crippen LogP contribution < -0.4 is 5.32 Å². The third-order valence-corrected chi connectivity index (χ3v) is 5.69.